The van der Waals surface area contributed by atoms with Crippen LogP contribution in [0.15, 0.2) is 24.3 Å². The van der Waals surface area contributed by atoms with E-state index in [-0.39, 0.29) is 5.91 Å². The van der Waals surface area contributed by atoms with Gasteiger partial charge in [-0.3, -0.25) is 4.79 Å². The van der Waals surface area contributed by atoms with Crippen LogP contribution in [-0.4, -0.2) is 58.4 Å². The Morgan fingerprint density at radius 2 is 1.86 bits per heavy atom. The zero-order chi connectivity index (χ0) is 20.3. The monoisotopic (exact) mass is 381 g/mol. The van der Waals surface area contributed by atoms with Gasteiger partial charge in [0.1, 0.15) is 17.3 Å². The van der Waals surface area contributed by atoms with Crippen molar-refractivity contribution in [2.24, 2.45) is 0 Å². The van der Waals surface area contributed by atoms with Crippen molar-refractivity contribution in [3.63, 3.8) is 0 Å². The summed E-state index contributed by atoms with van der Waals surface area (Å²) in [5.41, 5.74) is 3.91. The molecule has 0 unspecified atom stereocenters. The number of amides is 1. The summed E-state index contributed by atoms with van der Waals surface area (Å²) < 4.78 is 0. The van der Waals surface area contributed by atoms with E-state index in [0.717, 1.165) is 44.0 Å². The van der Waals surface area contributed by atoms with Crippen molar-refractivity contribution in [2.75, 3.05) is 38.0 Å². The van der Waals surface area contributed by atoms with Crippen LogP contribution >= 0.6 is 0 Å². The van der Waals surface area contributed by atoms with Crippen LogP contribution < -0.4 is 5.32 Å². The Morgan fingerprint density at radius 1 is 1.14 bits per heavy atom. The molecule has 3 rings (SSSR count). The van der Waals surface area contributed by atoms with Gasteiger partial charge >= 0.3 is 0 Å². The largest absolute Gasteiger partial charge is 0.340 e. The zero-order valence-corrected chi connectivity index (χ0v) is 17.6. The Morgan fingerprint density at radius 3 is 2.50 bits per heavy atom. The summed E-state index contributed by atoms with van der Waals surface area (Å²) >= 11 is 0. The molecule has 0 aliphatic carbocycles. The molecule has 1 fully saturated rings. The lowest BCUT2D eigenvalue weighted by atomic mass is 9.98. The molecule has 2 heterocycles. The average molecular weight is 382 g/mol. The van der Waals surface area contributed by atoms with E-state index in [1.165, 1.54) is 5.56 Å². The predicted molar refractivity (Wildman–Crippen MR) is 113 cm³/mol. The lowest BCUT2D eigenvalue weighted by Crippen LogP contribution is -2.48. The van der Waals surface area contributed by atoms with Gasteiger partial charge < -0.3 is 15.1 Å². The summed E-state index contributed by atoms with van der Waals surface area (Å²) in [6.45, 7) is 14.8. The van der Waals surface area contributed by atoms with Crippen LogP contribution in [0, 0.1) is 13.8 Å². The van der Waals surface area contributed by atoms with E-state index >= 15 is 0 Å². The summed E-state index contributed by atoms with van der Waals surface area (Å²) in [4.78, 5) is 26.2. The number of aromatic nitrogens is 2. The van der Waals surface area contributed by atoms with E-state index in [4.69, 9.17) is 0 Å². The number of likely N-dealkylation sites (N-methyl/N-ethyl adjacent to an activating group) is 1. The highest BCUT2D eigenvalue weighted by molar-refractivity contribution is 5.93. The first kappa shape index (κ1) is 20.3. The van der Waals surface area contributed by atoms with Gasteiger partial charge in [-0.05, 0) is 37.4 Å². The van der Waals surface area contributed by atoms with Gasteiger partial charge in [0, 0.05) is 37.9 Å². The first-order valence-electron chi connectivity index (χ1n) is 10.1. The van der Waals surface area contributed by atoms with Crippen LogP contribution in [0.3, 0.4) is 0 Å². The lowest BCUT2D eigenvalue weighted by molar-refractivity contribution is 0.0637. The highest BCUT2D eigenvalue weighted by Crippen LogP contribution is 2.30. The molecule has 0 saturated carbocycles. The molecule has 6 heteroatoms. The van der Waals surface area contributed by atoms with Crippen LogP contribution in [0.2, 0.25) is 0 Å². The number of anilines is 2. The highest BCUT2D eigenvalue weighted by atomic mass is 16.2. The molecule has 28 heavy (non-hydrogen) atoms. The summed E-state index contributed by atoms with van der Waals surface area (Å²) in [5, 5.41) is 3.45. The van der Waals surface area contributed by atoms with Crippen molar-refractivity contribution in [3.05, 3.63) is 46.9 Å². The van der Waals surface area contributed by atoms with Crippen molar-refractivity contribution in [1.29, 1.82) is 0 Å². The number of piperazine rings is 1. The number of hydrogen-bond acceptors (Lipinski definition) is 5. The number of hydrogen-bond donors (Lipinski definition) is 1. The standard InChI is InChI=1S/C22H31N5O/c1-6-26-10-12-27(13-11-26)22(28)19-14-20(24-17(5)23-19)25-21-16(4)8-7-9-18(21)15(2)3/h7-9,14-15H,6,10-13H2,1-5H3,(H,23,24,25). The fourth-order valence-corrected chi connectivity index (χ4v) is 3.64. The topological polar surface area (TPSA) is 61.4 Å². The Bertz CT molecular complexity index is 841. The zero-order valence-electron chi connectivity index (χ0n) is 17.6. The molecular weight excluding hydrogens is 350 g/mol. The molecule has 2 aromatic rings. The van der Waals surface area contributed by atoms with E-state index in [0.29, 0.717) is 23.3 Å². The maximum Gasteiger partial charge on any atom is 0.272 e. The van der Waals surface area contributed by atoms with Gasteiger partial charge in [0.2, 0.25) is 0 Å². The number of aryl methyl sites for hydroxylation is 2. The normalized spacial score (nSPS) is 15.1. The molecule has 1 aliphatic heterocycles. The number of nitrogens with one attached hydrogen (secondary N) is 1. The van der Waals surface area contributed by atoms with E-state index in [1.54, 1.807) is 6.07 Å². The van der Waals surface area contributed by atoms with Crippen molar-refractivity contribution in [1.82, 2.24) is 19.8 Å². The molecule has 0 bridgehead atoms. The molecule has 1 saturated heterocycles. The minimum Gasteiger partial charge on any atom is -0.340 e. The van der Waals surface area contributed by atoms with E-state index in [9.17, 15) is 4.79 Å². The van der Waals surface area contributed by atoms with Crippen LogP contribution in [0.5, 0.6) is 0 Å². The SMILES string of the molecule is CCN1CCN(C(=O)c2cc(Nc3c(C)cccc3C(C)C)nc(C)n2)CC1. The minimum absolute atomic E-state index is 0.0156. The quantitative estimate of drug-likeness (QED) is 0.855. The fraction of sp³-hybridized carbons (Fsp3) is 0.500. The van der Waals surface area contributed by atoms with Crippen molar-refractivity contribution >= 4 is 17.4 Å². The van der Waals surface area contributed by atoms with Gasteiger partial charge in [-0.2, -0.15) is 0 Å². The number of carbonyl (C=O) groups excluding carboxylic acids is 1. The van der Waals surface area contributed by atoms with E-state index in [2.05, 4.69) is 66.1 Å². The molecule has 1 aromatic carbocycles. The molecule has 1 N–H and O–H groups in total. The second-order valence-corrected chi connectivity index (χ2v) is 7.73. The predicted octanol–water partition coefficient (Wildman–Crippen LogP) is 3.74. The molecule has 6 nitrogen and oxygen atoms in total. The van der Waals surface area contributed by atoms with E-state index in [1.807, 2.05) is 11.8 Å². The van der Waals surface area contributed by atoms with Gasteiger partial charge in [0.05, 0.1) is 0 Å². The number of carbonyl (C=O) groups is 1. The maximum absolute atomic E-state index is 13.0. The summed E-state index contributed by atoms with van der Waals surface area (Å²) in [5.74, 6) is 1.64. The Labute approximate surface area is 168 Å². The van der Waals surface area contributed by atoms with Gasteiger partial charge in [0.15, 0.2) is 0 Å². The minimum atomic E-state index is -0.0156. The molecular formula is C22H31N5O. The van der Waals surface area contributed by atoms with Crippen LogP contribution in [0.25, 0.3) is 0 Å². The van der Waals surface area contributed by atoms with Gasteiger partial charge in [0.25, 0.3) is 5.91 Å². The molecule has 1 amide bonds. The second-order valence-electron chi connectivity index (χ2n) is 7.73. The maximum atomic E-state index is 13.0. The fourth-order valence-electron chi connectivity index (χ4n) is 3.64. The smallest absolute Gasteiger partial charge is 0.272 e. The summed E-state index contributed by atoms with van der Waals surface area (Å²) in [6.07, 6.45) is 0. The Kier molecular flexibility index (Phi) is 6.29. The molecule has 1 aliphatic rings. The Hall–Kier alpha value is -2.47. The van der Waals surface area contributed by atoms with Crippen molar-refractivity contribution in [2.45, 2.75) is 40.5 Å². The van der Waals surface area contributed by atoms with Gasteiger partial charge in [-0.25, -0.2) is 9.97 Å². The van der Waals surface area contributed by atoms with E-state index < -0.39 is 0 Å². The summed E-state index contributed by atoms with van der Waals surface area (Å²) in [7, 11) is 0. The first-order chi connectivity index (χ1) is 13.4. The molecule has 150 valence electrons. The molecule has 0 radical (unpaired) electrons. The highest BCUT2D eigenvalue weighted by Gasteiger charge is 2.23. The molecule has 0 atom stereocenters. The lowest BCUT2D eigenvalue weighted by Gasteiger charge is -2.33. The summed E-state index contributed by atoms with van der Waals surface area (Å²) in [6, 6.07) is 8.07. The Balaban J connectivity index is 1.84. The van der Waals surface area contributed by atoms with Crippen molar-refractivity contribution < 1.29 is 4.79 Å². The third-order valence-electron chi connectivity index (χ3n) is 5.34. The van der Waals surface area contributed by atoms with Gasteiger partial charge in [-0.1, -0.05) is 39.0 Å². The third kappa shape index (κ3) is 4.50. The molecule has 1 aromatic heterocycles. The number of rotatable bonds is 5. The second kappa shape index (κ2) is 8.69. The number of nitrogens with zero attached hydrogens (tertiary/aromatic N) is 4. The third-order valence-corrected chi connectivity index (χ3v) is 5.34. The van der Waals surface area contributed by atoms with Crippen molar-refractivity contribution in [3.8, 4) is 0 Å². The average Bonchev–Trinajstić information content (AvgIpc) is 2.68. The van der Waals surface area contributed by atoms with Crippen LogP contribution in [0.1, 0.15) is 54.1 Å². The first-order valence-corrected chi connectivity index (χ1v) is 10.1. The van der Waals surface area contributed by atoms with Gasteiger partial charge in [-0.15, -0.1) is 0 Å². The number of benzene rings is 1. The molecule has 0 spiro atoms. The number of para-hydroxylation sites is 1. The van der Waals surface area contributed by atoms with Crippen LogP contribution in [-0.2, 0) is 0 Å². The van der Waals surface area contributed by atoms with Crippen LogP contribution in [0.4, 0.5) is 11.5 Å².